The first-order chi connectivity index (χ1) is 7.52. The van der Waals surface area contributed by atoms with Crippen molar-refractivity contribution in [3.05, 3.63) is 23.1 Å². The standard InChI is InChI=1S/C11H15BrClNO2/c1-7(2)5-8(6-12)14-11(15)9-3-4-10(13)16-9/h3-4,7-8H,5-6H2,1-2H3,(H,14,15). The molecule has 1 atom stereocenters. The molecule has 0 saturated carbocycles. The Morgan fingerprint density at radius 3 is 2.69 bits per heavy atom. The van der Waals surface area contributed by atoms with E-state index < -0.39 is 0 Å². The second-order valence-corrected chi connectivity index (χ2v) is 5.08. The predicted octanol–water partition coefficient (Wildman–Crippen LogP) is 3.47. The van der Waals surface area contributed by atoms with Crippen LogP contribution in [0.2, 0.25) is 5.22 Å². The summed E-state index contributed by atoms with van der Waals surface area (Å²) in [5.41, 5.74) is 0. The van der Waals surface area contributed by atoms with Gasteiger partial charge in [-0.25, -0.2) is 0 Å². The van der Waals surface area contributed by atoms with E-state index in [4.69, 9.17) is 16.0 Å². The van der Waals surface area contributed by atoms with E-state index in [0.717, 1.165) is 11.8 Å². The third-order valence-corrected chi connectivity index (χ3v) is 3.06. The van der Waals surface area contributed by atoms with Gasteiger partial charge >= 0.3 is 0 Å². The molecule has 0 aliphatic rings. The highest BCUT2D eigenvalue weighted by Gasteiger charge is 2.16. The van der Waals surface area contributed by atoms with Gasteiger partial charge in [0.25, 0.3) is 5.91 Å². The van der Waals surface area contributed by atoms with Crippen molar-refractivity contribution in [2.45, 2.75) is 26.3 Å². The highest BCUT2D eigenvalue weighted by Crippen LogP contribution is 2.14. The molecule has 3 nitrogen and oxygen atoms in total. The molecular weight excluding hydrogens is 293 g/mol. The van der Waals surface area contributed by atoms with Crippen molar-refractivity contribution in [2.75, 3.05) is 5.33 Å². The van der Waals surface area contributed by atoms with Crippen LogP contribution in [0.5, 0.6) is 0 Å². The second kappa shape index (κ2) is 6.30. The van der Waals surface area contributed by atoms with Gasteiger partial charge in [-0.2, -0.15) is 0 Å². The normalized spacial score (nSPS) is 12.8. The van der Waals surface area contributed by atoms with Gasteiger partial charge < -0.3 is 9.73 Å². The zero-order chi connectivity index (χ0) is 12.1. The molecular formula is C11H15BrClNO2. The molecule has 0 radical (unpaired) electrons. The van der Waals surface area contributed by atoms with Gasteiger partial charge in [0.1, 0.15) is 0 Å². The zero-order valence-electron chi connectivity index (χ0n) is 9.30. The lowest BCUT2D eigenvalue weighted by atomic mass is 10.1. The van der Waals surface area contributed by atoms with Crippen molar-refractivity contribution in [3.63, 3.8) is 0 Å². The van der Waals surface area contributed by atoms with Crippen LogP contribution in [0, 0.1) is 5.92 Å². The van der Waals surface area contributed by atoms with Crippen molar-refractivity contribution >= 4 is 33.4 Å². The molecule has 0 aliphatic carbocycles. The summed E-state index contributed by atoms with van der Waals surface area (Å²) in [7, 11) is 0. The highest BCUT2D eigenvalue weighted by molar-refractivity contribution is 9.09. The Balaban J connectivity index is 2.55. The molecule has 90 valence electrons. The Bertz CT molecular complexity index is 352. The predicted molar refractivity (Wildman–Crippen MR) is 68.2 cm³/mol. The van der Waals surface area contributed by atoms with E-state index in [1.807, 2.05) is 0 Å². The van der Waals surface area contributed by atoms with Crippen molar-refractivity contribution in [1.29, 1.82) is 0 Å². The maximum Gasteiger partial charge on any atom is 0.287 e. The molecule has 0 bridgehead atoms. The number of carbonyl (C=O) groups excluding carboxylic acids is 1. The first-order valence-corrected chi connectivity index (χ1v) is 6.65. The first kappa shape index (κ1) is 13.6. The fourth-order valence-electron chi connectivity index (χ4n) is 1.42. The van der Waals surface area contributed by atoms with Crippen LogP contribution < -0.4 is 5.32 Å². The SMILES string of the molecule is CC(C)CC(CBr)NC(=O)c1ccc(Cl)o1. The van der Waals surface area contributed by atoms with Crippen LogP contribution in [0.25, 0.3) is 0 Å². The summed E-state index contributed by atoms with van der Waals surface area (Å²) in [6.45, 7) is 4.23. The Kier molecular flexibility index (Phi) is 5.35. The van der Waals surface area contributed by atoms with Crippen LogP contribution in [0.15, 0.2) is 16.5 Å². The van der Waals surface area contributed by atoms with E-state index in [1.165, 1.54) is 0 Å². The van der Waals surface area contributed by atoms with Crippen LogP contribution in [0.3, 0.4) is 0 Å². The third-order valence-electron chi connectivity index (χ3n) is 2.07. The summed E-state index contributed by atoms with van der Waals surface area (Å²) in [5.74, 6) is 0.555. The van der Waals surface area contributed by atoms with Crippen molar-refractivity contribution in [3.8, 4) is 0 Å². The lowest BCUT2D eigenvalue weighted by molar-refractivity contribution is 0.0909. The smallest absolute Gasteiger partial charge is 0.287 e. The summed E-state index contributed by atoms with van der Waals surface area (Å²) in [6.07, 6.45) is 0.922. The van der Waals surface area contributed by atoms with Gasteiger partial charge in [0.2, 0.25) is 0 Å². The Morgan fingerprint density at radius 1 is 1.56 bits per heavy atom. The van der Waals surface area contributed by atoms with Crippen molar-refractivity contribution in [2.24, 2.45) is 5.92 Å². The highest BCUT2D eigenvalue weighted by atomic mass is 79.9. The van der Waals surface area contributed by atoms with E-state index in [0.29, 0.717) is 5.92 Å². The van der Waals surface area contributed by atoms with Crippen LogP contribution in [0.4, 0.5) is 0 Å². The molecule has 16 heavy (non-hydrogen) atoms. The number of nitrogens with one attached hydrogen (secondary N) is 1. The fraction of sp³-hybridized carbons (Fsp3) is 0.545. The number of amides is 1. The maximum atomic E-state index is 11.7. The van der Waals surface area contributed by atoms with Crippen LogP contribution in [0.1, 0.15) is 30.8 Å². The van der Waals surface area contributed by atoms with E-state index in [9.17, 15) is 4.79 Å². The largest absolute Gasteiger partial charge is 0.440 e. The minimum Gasteiger partial charge on any atom is -0.440 e. The van der Waals surface area contributed by atoms with E-state index in [1.54, 1.807) is 12.1 Å². The van der Waals surface area contributed by atoms with E-state index in [2.05, 4.69) is 35.1 Å². The quantitative estimate of drug-likeness (QED) is 0.846. The summed E-state index contributed by atoms with van der Waals surface area (Å²) < 4.78 is 5.03. The molecule has 1 heterocycles. The summed E-state index contributed by atoms with van der Waals surface area (Å²) in [5, 5.41) is 3.84. The molecule has 0 aliphatic heterocycles. The lowest BCUT2D eigenvalue weighted by Gasteiger charge is -2.17. The molecule has 0 saturated heterocycles. The molecule has 0 aromatic carbocycles. The minimum atomic E-state index is -0.225. The van der Waals surface area contributed by atoms with Crippen LogP contribution >= 0.6 is 27.5 Å². The fourth-order valence-corrected chi connectivity index (χ4v) is 1.99. The summed E-state index contributed by atoms with van der Waals surface area (Å²) in [4.78, 5) is 11.7. The van der Waals surface area contributed by atoms with E-state index >= 15 is 0 Å². The molecule has 1 aromatic rings. The maximum absolute atomic E-state index is 11.7. The zero-order valence-corrected chi connectivity index (χ0v) is 11.6. The van der Waals surface area contributed by atoms with Gasteiger partial charge in [-0.15, -0.1) is 0 Å². The van der Waals surface area contributed by atoms with Crippen molar-refractivity contribution < 1.29 is 9.21 Å². The molecule has 5 heteroatoms. The average molecular weight is 309 g/mol. The van der Waals surface area contributed by atoms with E-state index in [-0.39, 0.29) is 22.9 Å². The van der Waals surface area contributed by atoms with Gasteiger partial charge in [0.05, 0.1) is 0 Å². The molecule has 0 fully saturated rings. The second-order valence-electron chi connectivity index (χ2n) is 4.06. The molecule has 1 unspecified atom stereocenters. The number of alkyl halides is 1. The topological polar surface area (TPSA) is 42.2 Å². The first-order valence-electron chi connectivity index (χ1n) is 5.15. The van der Waals surface area contributed by atoms with Gasteiger partial charge in [0.15, 0.2) is 11.0 Å². The van der Waals surface area contributed by atoms with Crippen molar-refractivity contribution in [1.82, 2.24) is 5.32 Å². The average Bonchev–Trinajstić information content (AvgIpc) is 2.63. The number of rotatable bonds is 5. The molecule has 1 aromatic heterocycles. The van der Waals surface area contributed by atoms with Crippen LogP contribution in [-0.4, -0.2) is 17.3 Å². The van der Waals surface area contributed by atoms with Gasteiger partial charge in [0, 0.05) is 11.4 Å². The molecule has 1 rings (SSSR count). The number of hydrogen-bond donors (Lipinski definition) is 1. The van der Waals surface area contributed by atoms with Gasteiger partial charge in [-0.3, -0.25) is 4.79 Å². The monoisotopic (exact) mass is 307 g/mol. The van der Waals surface area contributed by atoms with Crippen LogP contribution in [-0.2, 0) is 0 Å². The number of hydrogen-bond acceptors (Lipinski definition) is 2. The number of halogens is 2. The Labute approximate surface area is 109 Å². The summed E-state index contributed by atoms with van der Waals surface area (Å²) >= 11 is 8.98. The lowest BCUT2D eigenvalue weighted by Crippen LogP contribution is -2.36. The Hall–Kier alpha value is -0.480. The minimum absolute atomic E-state index is 0.108. The Morgan fingerprint density at radius 2 is 2.25 bits per heavy atom. The summed E-state index contributed by atoms with van der Waals surface area (Å²) in [6, 6.07) is 3.23. The number of carbonyl (C=O) groups is 1. The van der Waals surface area contributed by atoms with Gasteiger partial charge in [-0.1, -0.05) is 29.8 Å². The molecule has 1 N–H and O–H groups in total. The third kappa shape index (κ3) is 4.18. The van der Waals surface area contributed by atoms with Gasteiger partial charge in [-0.05, 0) is 36.1 Å². The molecule has 1 amide bonds. The molecule has 0 spiro atoms. The number of furan rings is 1.